The Morgan fingerprint density at radius 1 is 0.375 bits per heavy atom. The maximum atomic E-state index is 5.18. The lowest BCUT2D eigenvalue weighted by molar-refractivity contribution is 0.787. The molecule has 11 aromatic rings. The molecule has 1 unspecified atom stereocenters. The molecule has 1 aliphatic rings. The number of anilines is 2. The number of imidazole rings is 3. The summed E-state index contributed by atoms with van der Waals surface area (Å²) in [7, 11) is 0. The van der Waals surface area contributed by atoms with Crippen molar-refractivity contribution in [1.29, 1.82) is 0 Å². The predicted molar refractivity (Wildman–Crippen MR) is 260 cm³/mol. The van der Waals surface area contributed by atoms with Crippen LogP contribution in [0.5, 0.6) is 0 Å². The molecule has 0 aliphatic heterocycles. The number of fused-ring (bicyclic) bond motifs is 3. The zero-order valence-corrected chi connectivity index (χ0v) is 34.9. The first-order chi connectivity index (χ1) is 31.7. The molecule has 0 radical (unpaired) electrons. The van der Waals surface area contributed by atoms with E-state index in [-0.39, 0.29) is 6.04 Å². The molecule has 6 heterocycles. The Balaban J connectivity index is 0.945. The van der Waals surface area contributed by atoms with Gasteiger partial charge in [-0.3, -0.25) is 13.2 Å². The van der Waals surface area contributed by atoms with Gasteiger partial charge in [-0.1, -0.05) is 152 Å². The van der Waals surface area contributed by atoms with Crippen LogP contribution in [-0.2, 0) is 0 Å². The van der Waals surface area contributed by atoms with Crippen molar-refractivity contribution in [3.63, 3.8) is 0 Å². The summed E-state index contributed by atoms with van der Waals surface area (Å²) in [5.41, 5.74) is 17.7. The molecule has 12 rings (SSSR count). The van der Waals surface area contributed by atoms with Crippen LogP contribution in [0.15, 0.2) is 231 Å². The van der Waals surface area contributed by atoms with Crippen molar-refractivity contribution in [1.82, 2.24) is 28.2 Å². The first-order valence-corrected chi connectivity index (χ1v) is 21.7. The van der Waals surface area contributed by atoms with E-state index < -0.39 is 0 Å². The predicted octanol–water partition coefficient (Wildman–Crippen LogP) is 13.5. The van der Waals surface area contributed by atoms with Crippen molar-refractivity contribution in [3.8, 4) is 56.3 Å². The van der Waals surface area contributed by atoms with Gasteiger partial charge in [-0.25, -0.2) is 15.0 Å². The Bertz CT molecular complexity index is 3350. The number of aromatic nitrogens is 6. The van der Waals surface area contributed by atoms with Crippen molar-refractivity contribution in [2.75, 3.05) is 4.90 Å². The Hall–Kier alpha value is -8.55. The summed E-state index contributed by atoms with van der Waals surface area (Å²) in [6, 6.07) is 68.0. The normalized spacial score (nSPS) is 13.8. The summed E-state index contributed by atoms with van der Waals surface area (Å²) < 4.78 is 6.56. The highest BCUT2D eigenvalue weighted by atomic mass is 15.2. The lowest BCUT2D eigenvalue weighted by Crippen LogP contribution is -2.30. The fraction of sp³-hybridized carbons (Fsp3) is 0.0351. The first-order valence-electron chi connectivity index (χ1n) is 21.7. The number of benzene rings is 5. The molecule has 0 spiro atoms. The molecule has 0 saturated heterocycles. The summed E-state index contributed by atoms with van der Waals surface area (Å²) in [6.45, 7) is 0. The fourth-order valence-corrected chi connectivity index (χ4v) is 9.27. The van der Waals surface area contributed by atoms with Crippen LogP contribution in [0.3, 0.4) is 0 Å². The molecule has 7 nitrogen and oxygen atoms in total. The smallest absolute Gasteiger partial charge is 0.137 e. The minimum Gasteiger partial charge on any atom is -0.334 e. The number of allylic oxidation sites excluding steroid dienone is 2. The van der Waals surface area contributed by atoms with Gasteiger partial charge < -0.3 is 4.90 Å². The summed E-state index contributed by atoms with van der Waals surface area (Å²) >= 11 is 0. The second-order valence-corrected chi connectivity index (χ2v) is 16.1. The average Bonchev–Trinajstić information content (AvgIpc) is 4.08. The van der Waals surface area contributed by atoms with Gasteiger partial charge in [-0.15, -0.1) is 0 Å². The van der Waals surface area contributed by atoms with Gasteiger partial charge in [0.2, 0.25) is 0 Å². The largest absolute Gasteiger partial charge is 0.334 e. The van der Waals surface area contributed by atoms with E-state index in [2.05, 4.69) is 231 Å². The SMILES string of the molecule is C1=CC(N(c2ccc(-c3nc4ccccn4c3-c3ccccc3)cc2)c2ccc(-c3nc4ccccn4c3-c3ccccc3)cc2)CC=C1c1nc2ccccn2c1-c1ccccc1. The highest BCUT2D eigenvalue weighted by Gasteiger charge is 2.25. The van der Waals surface area contributed by atoms with Gasteiger partial charge >= 0.3 is 0 Å². The van der Waals surface area contributed by atoms with E-state index in [1.807, 2.05) is 18.2 Å². The maximum Gasteiger partial charge on any atom is 0.137 e. The molecule has 0 fully saturated rings. The summed E-state index contributed by atoms with van der Waals surface area (Å²) in [4.78, 5) is 18.0. The van der Waals surface area contributed by atoms with E-state index in [9.17, 15) is 0 Å². The van der Waals surface area contributed by atoms with E-state index in [4.69, 9.17) is 15.0 Å². The van der Waals surface area contributed by atoms with Crippen LogP contribution in [0, 0.1) is 0 Å². The van der Waals surface area contributed by atoms with E-state index in [1.165, 1.54) is 0 Å². The third-order valence-corrected chi connectivity index (χ3v) is 12.3. The Labute approximate surface area is 370 Å². The maximum absolute atomic E-state index is 5.18. The molecular formula is C57H41N7. The lowest BCUT2D eigenvalue weighted by Gasteiger charge is -2.33. The third kappa shape index (κ3) is 6.50. The number of nitrogens with zero attached hydrogens (tertiary/aromatic N) is 7. The fourth-order valence-electron chi connectivity index (χ4n) is 9.27. The molecule has 0 N–H and O–H groups in total. The Morgan fingerprint density at radius 2 is 0.750 bits per heavy atom. The molecule has 0 amide bonds. The van der Waals surface area contributed by atoms with Gasteiger partial charge in [-0.05, 0) is 72.7 Å². The van der Waals surface area contributed by atoms with Gasteiger partial charge in [0.25, 0.3) is 0 Å². The molecule has 1 atom stereocenters. The molecule has 0 bridgehead atoms. The average molecular weight is 824 g/mol. The zero-order valence-electron chi connectivity index (χ0n) is 34.9. The van der Waals surface area contributed by atoms with E-state index in [0.717, 1.165) is 102 Å². The van der Waals surface area contributed by atoms with E-state index >= 15 is 0 Å². The van der Waals surface area contributed by atoms with Crippen molar-refractivity contribution in [3.05, 3.63) is 237 Å². The number of hydrogen-bond donors (Lipinski definition) is 0. The first kappa shape index (κ1) is 37.2. The van der Waals surface area contributed by atoms with Gasteiger partial charge in [0.1, 0.15) is 16.9 Å². The van der Waals surface area contributed by atoms with Crippen LogP contribution in [0.2, 0.25) is 0 Å². The van der Waals surface area contributed by atoms with Crippen LogP contribution in [-0.4, -0.2) is 34.2 Å². The quantitative estimate of drug-likeness (QED) is 0.145. The van der Waals surface area contributed by atoms with Gasteiger partial charge in [0.15, 0.2) is 0 Å². The number of rotatable bonds is 9. The van der Waals surface area contributed by atoms with Gasteiger partial charge in [0, 0.05) is 57.8 Å². The lowest BCUT2D eigenvalue weighted by atomic mass is 9.95. The van der Waals surface area contributed by atoms with Crippen LogP contribution >= 0.6 is 0 Å². The minimum atomic E-state index is 0.0304. The van der Waals surface area contributed by atoms with E-state index in [1.54, 1.807) is 0 Å². The summed E-state index contributed by atoms with van der Waals surface area (Å²) in [6.07, 6.45) is 14.0. The van der Waals surface area contributed by atoms with Crippen molar-refractivity contribution in [2.24, 2.45) is 0 Å². The van der Waals surface area contributed by atoms with Gasteiger partial charge in [0.05, 0.1) is 40.2 Å². The highest BCUT2D eigenvalue weighted by molar-refractivity contribution is 5.87. The van der Waals surface area contributed by atoms with Crippen molar-refractivity contribution < 1.29 is 0 Å². The Kier molecular flexibility index (Phi) is 9.15. The number of hydrogen-bond acceptors (Lipinski definition) is 4. The second-order valence-electron chi connectivity index (χ2n) is 16.1. The highest BCUT2D eigenvalue weighted by Crippen LogP contribution is 2.40. The molecule has 1 aliphatic carbocycles. The van der Waals surface area contributed by atoms with Crippen LogP contribution < -0.4 is 4.90 Å². The molecule has 304 valence electrons. The number of pyridine rings is 3. The third-order valence-electron chi connectivity index (χ3n) is 12.3. The molecule has 6 aromatic heterocycles. The topological polar surface area (TPSA) is 55.1 Å². The summed E-state index contributed by atoms with van der Waals surface area (Å²) in [5.74, 6) is 0. The van der Waals surface area contributed by atoms with Gasteiger partial charge in [-0.2, -0.15) is 0 Å². The monoisotopic (exact) mass is 823 g/mol. The minimum absolute atomic E-state index is 0.0304. The molecular weight excluding hydrogens is 783 g/mol. The van der Waals surface area contributed by atoms with Crippen LogP contribution in [0.25, 0.3) is 78.8 Å². The summed E-state index contributed by atoms with van der Waals surface area (Å²) in [5, 5.41) is 0. The molecule has 0 saturated carbocycles. The molecule has 64 heavy (non-hydrogen) atoms. The standard InChI is InChI=1S/C57H41N7/c1-4-16-43(17-5-1)55-52(58-49-22-10-13-37-61(49)55)40-25-31-46(32-26-40)64(47-33-27-41(28-34-47)53-56(44-18-6-2-7-19-44)62-38-14-11-23-50(62)59-53)48-35-29-42(30-36-48)54-57(45-20-8-3-9-21-45)63-39-15-12-24-51(63)60-54/h1-35,37-39,48H,36H2. The molecule has 5 aromatic carbocycles. The zero-order chi connectivity index (χ0) is 42.4. The molecule has 7 heteroatoms. The van der Waals surface area contributed by atoms with Crippen molar-refractivity contribution >= 4 is 33.9 Å². The van der Waals surface area contributed by atoms with Crippen LogP contribution in [0.1, 0.15) is 12.1 Å². The van der Waals surface area contributed by atoms with Crippen molar-refractivity contribution in [2.45, 2.75) is 12.5 Å². The second kappa shape index (κ2) is 15.7. The van der Waals surface area contributed by atoms with Crippen LogP contribution in [0.4, 0.5) is 11.4 Å². The van der Waals surface area contributed by atoms with E-state index in [0.29, 0.717) is 0 Å². The Morgan fingerprint density at radius 3 is 1.14 bits per heavy atom.